The molecule has 0 saturated heterocycles. The fraction of sp³-hybridized carbons (Fsp3) is 0.389. The third-order valence-corrected chi connectivity index (χ3v) is 3.56. The van der Waals surface area contributed by atoms with Crippen molar-refractivity contribution in [3.05, 3.63) is 46.8 Å². The summed E-state index contributed by atoms with van der Waals surface area (Å²) in [6.07, 6.45) is 0.658. The van der Waals surface area contributed by atoms with Crippen molar-refractivity contribution < 1.29 is 9.53 Å². The van der Waals surface area contributed by atoms with Crippen LogP contribution in [-0.2, 0) is 11.2 Å². The van der Waals surface area contributed by atoms with E-state index in [0.29, 0.717) is 17.8 Å². The van der Waals surface area contributed by atoms with E-state index in [1.165, 1.54) is 7.11 Å². The quantitative estimate of drug-likeness (QED) is 0.803. The van der Waals surface area contributed by atoms with E-state index in [1.54, 1.807) is 0 Å². The average molecular weight is 298 g/mol. The molecule has 1 aromatic carbocycles. The summed E-state index contributed by atoms with van der Waals surface area (Å²) in [5.41, 5.74) is 4.11. The number of benzene rings is 1. The molecule has 2 rings (SSSR count). The molecule has 22 heavy (non-hydrogen) atoms. The molecule has 4 heteroatoms. The summed E-state index contributed by atoms with van der Waals surface area (Å²) in [4.78, 5) is 21.4. The second kappa shape index (κ2) is 6.69. The molecule has 0 aliphatic carbocycles. The number of hydrogen-bond donors (Lipinski definition) is 0. The maximum absolute atomic E-state index is 12.1. The van der Waals surface area contributed by atoms with Crippen LogP contribution in [0.5, 0.6) is 0 Å². The van der Waals surface area contributed by atoms with Gasteiger partial charge in [0, 0.05) is 5.56 Å². The largest absolute Gasteiger partial charge is 0.465 e. The molecule has 0 aliphatic rings. The first-order valence-corrected chi connectivity index (χ1v) is 7.54. The van der Waals surface area contributed by atoms with Gasteiger partial charge in [0.15, 0.2) is 5.82 Å². The Hall–Kier alpha value is -2.23. The molecule has 1 heterocycles. The summed E-state index contributed by atoms with van der Waals surface area (Å²) >= 11 is 0. The highest BCUT2D eigenvalue weighted by Crippen LogP contribution is 2.25. The maximum atomic E-state index is 12.1. The number of methoxy groups -OCH3 is 1. The molecule has 0 saturated carbocycles. The van der Waals surface area contributed by atoms with Crippen LogP contribution in [0.4, 0.5) is 0 Å². The van der Waals surface area contributed by atoms with E-state index in [2.05, 4.69) is 16.0 Å². The Kier molecular flexibility index (Phi) is 4.91. The fourth-order valence-electron chi connectivity index (χ4n) is 2.44. The highest BCUT2D eigenvalue weighted by molar-refractivity contribution is 5.92. The zero-order valence-electron chi connectivity index (χ0n) is 13.8. The number of esters is 1. The molecular weight excluding hydrogens is 276 g/mol. The van der Waals surface area contributed by atoms with Gasteiger partial charge in [0.1, 0.15) is 5.56 Å². The standard InChI is InChI=1S/C18H22N2O2/c1-6-14-15(18(21)22-5)16(11(2)3)20-17(19-14)13-9-7-8-12(4)10-13/h7-11H,6H2,1-5H3. The minimum absolute atomic E-state index is 0.117. The van der Waals surface area contributed by atoms with Crippen LogP contribution in [0.2, 0.25) is 0 Å². The van der Waals surface area contributed by atoms with Crippen LogP contribution in [0.1, 0.15) is 54.0 Å². The summed E-state index contributed by atoms with van der Waals surface area (Å²) in [5, 5.41) is 0. The van der Waals surface area contributed by atoms with Gasteiger partial charge in [-0.2, -0.15) is 0 Å². The van der Waals surface area contributed by atoms with Gasteiger partial charge in [0.05, 0.1) is 18.5 Å². The fourth-order valence-corrected chi connectivity index (χ4v) is 2.44. The lowest BCUT2D eigenvalue weighted by atomic mass is 10.00. The molecule has 0 spiro atoms. The van der Waals surface area contributed by atoms with Gasteiger partial charge in [-0.1, -0.05) is 44.5 Å². The molecule has 1 aromatic heterocycles. The van der Waals surface area contributed by atoms with E-state index in [-0.39, 0.29) is 11.9 Å². The molecule has 0 atom stereocenters. The Morgan fingerprint density at radius 3 is 2.55 bits per heavy atom. The van der Waals surface area contributed by atoms with Crippen molar-refractivity contribution in [2.45, 2.75) is 40.0 Å². The molecule has 0 unspecified atom stereocenters. The molecular formula is C18H22N2O2. The van der Waals surface area contributed by atoms with Crippen molar-refractivity contribution in [1.29, 1.82) is 0 Å². The van der Waals surface area contributed by atoms with Crippen molar-refractivity contribution >= 4 is 5.97 Å². The van der Waals surface area contributed by atoms with Gasteiger partial charge in [0.2, 0.25) is 0 Å². The normalized spacial score (nSPS) is 10.8. The first-order valence-electron chi connectivity index (χ1n) is 7.54. The predicted molar refractivity (Wildman–Crippen MR) is 87.0 cm³/mol. The van der Waals surface area contributed by atoms with E-state index in [0.717, 1.165) is 22.5 Å². The summed E-state index contributed by atoms with van der Waals surface area (Å²) in [5.74, 6) is 0.416. The Labute approximate surface area is 131 Å². The third kappa shape index (κ3) is 3.16. The average Bonchev–Trinajstić information content (AvgIpc) is 2.52. The van der Waals surface area contributed by atoms with Crippen molar-refractivity contribution in [1.82, 2.24) is 9.97 Å². The van der Waals surface area contributed by atoms with Gasteiger partial charge in [-0.15, -0.1) is 0 Å². The molecule has 4 nitrogen and oxygen atoms in total. The van der Waals surface area contributed by atoms with Gasteiger partial charge in [-0.3, -0.25) is 0 Å². The summed E-state index contributed by atoms with van der Waals surface area (Å²) in [6, 6.07) is 8.07. The Balaban J connectivity index is 2.69. The van der Waals surface area contributed by atoms with Crippen molar-refractivity contribution in [3.63, 3.8) is 0 Å². The number of carbonyl (C=O) groups is 1. The van der Waals surface area contributed by atoms with Crippen LogP contribution in [-0.4, -0.2) is 23.0 Å². The van der Waals surface area contributed by atoms with Crippen LogP contribution < -0.4 is 0 Å². The smallest absolute Gasteiger partial charge is 0.341 e. The van der Waals surface area contributed by atoms with Gasteiger partial charge >= 0.3 is 5.97 Å². The Morgan fingerprint density at radius 1 is 1.27 bits per heavy atom. The van der Waals surface area contributed by atoms with Gasteiger partial charge in [0.25, 0.3) is 0 Å². The first-order chi connectivity index (χ1) is 10.5. The van der Waals surface area contributed by atoms with Crippen molar-refractivity contribution in [3.8, 4) is 11.4 Å². The maximum Gasteiger partial charge on any atom is 0.341 e. The van der Waals surface area contributed by atoms with E-state index < -0.39 is 0 Å². The lowest BCUT2D eigenvalue weighted by molar-refractivity contribution is 0.0596. The molecule has 0 amide bonds. The zero-order valence-corrected chi connectivity index (χ0v) is 13.8. The number of aryl methyl sites for hydroxylation is 2. The highest BCUT2D eigenvalue weighted by Gasteiger charge is 2.22. The van der Waals surface area contributed by atoms with Crippen LogP contribution in [0, 0.1) is 6.92 Å². The zero-order chi connectivity index (χ0) is 16.3. The van der Waals surface area contributed by atoms with E-state index in [9.17, 15) is 4.79 Å². The number of hydrogen-bond acceptors (Lipinski definition) is 4. The topological polar surface area (TPSA) is 52.1 Å². The van der Waals surface area contributed by atoms with Crippen LogP contribution in [0.3, 0.4) is 0 Å². The summed E-state index contributed by atoms with van der Waals surface area (Å²) in [6.45, 7) is 8.07. The van der Waals surface area contributed by atoms with Gasteiger partial charge in [-0.05, 0) is 25.3 Å². The number of nitrogens with zero attached hydrogens (tertiary/aromatic N) is 2. The number of carbonyl (C=O) groups excluding carboxylic acids is 1. The van der Waals surface area contributed by atoms with Crippen LogP contribution in [0.25, 0.3) is 11.4 Å². The molecule has 0 bridgehead atoms. The number of aromatic nitrogens is 2. The first kappa shape index (κ1) is 16.1. The summed E-state index contributed by atoms with van der Waals surface area (Å²) in [7, 11) is 1.39. The van der Waals surface area contributed by atoms with Crippen LogP contribution >= 0.6 is 0 Å². The monoisotopic (exact) mass is 298 g/mol. The third-order valence-electron chi connectivity index (χ3n) is 3.56. The van der Waals surface area contributed by atoms with Gasteiger partial charge < -0.3 is 4.74 Å². The second-order valence-corrected chi connectivity index (χ2v) is 5.62. The Morgan fingerprint density at radius 2 is 2.00 bits per heavy atom. The molecule has 0 fully saturated rings. The molecule has 0 N–H and O–H groups in total. The molecule has 0 radical (unpaired) electrons. The molecule has 2 aromatic rings. The predicted octanol–water partition coefficient (Wildman–Crippen LogP) is 3.92. The molecule has 0 aliphatic heterocycles. The highest BCUT2D eigenvalue weighted by atomic mass is 16.5. The second-order valence-electron chi connectivity index (χ2n) is 5.62. The SMILES string of the molecule is CCc1nc(-c2cccc(C)c2)nc(C(C)C)c1C(=O)OC. The number of rotatable bonds is 4. The van der Waals surface area contributed by atoms with Crippen molar-refractivity contribution in [2.24, 2.45) is 0 Å². The van der Waals surface area contributed by atoms with Gasteiger partial charge in [-0.25, -0.2) is 14.8 Å². The van der Waals surface area contributed by atoms with Crippen molar-refractivity contribution in [2.75, 3.05) is 7.11 Å². The number of ether oxygens (including phenoxy) is 1. The van der Waals surface area contributed by atoms with E-state index in [4.69, 9.17) is 4.74 Å². The lowest BCUT2D eigenvalue weighted by Gasteiger charge is -2.15. The van der Waals surface area contributed by atoms with E-state index >= 15 is 0 Å². The minimum Gasteiger partial charge on any atom is -0.465 e. The van der Waals surface area contributed by atoms with E-state index in [1.807, 2.05) is 45.9 Å². The lowest BCUT2D eigenvalue weighted by Crippen LogP contribution is -2.15. The summed E-state index contributed by atoms with van der Waals surface area (Å²) < 4.78 is 4.92. The Bertz CT molecular complexity index is 693. The minimum atomic E-state index is -0.364. The van der Waals surface area contributed by atoms with Crippen LogP contribution in [0.15, 0.2) is 24.3 Å². The molecule has 116 valence electrons.